The molecule has 5 nitrogen and oxygen atoms in total. The quantitative estimate of drug-likeness (QED) is 0.496. The molecule has 0 atom stereocenters. The minimum Gasteiger partial charge on any atom is -0.398 e. The predicted molar refractivity (Wildman–Crippen MR) is 71.6 cm³/mol. The molecule has 0 radical (unpaired) electrons. The van der Waals surface area contributed by atoms with E-state index in [0.717, 1.165) is 37.5 Å². The van der Waals surface area contributed by atoms with E-state index >= 15 is 0 Å². The van der Waals surface area contributed by atoms with Gasteiger partial charge >= 0.3 is 0 Å². The number of rotatable bonds is 8. The fourth-order valence-electron chi connectivity index (χ4n) is 1.64. The first-order valence-corrected chi connectivity index (χ1v) is 7.61. The molecule has 19 heavy (non-hydrogen) atoms. The van der Waals surface area contributed by atoms with E-state index in [1.165, 1.54) is 0 Å². The van der Waals surface area contributed by atoms with Crippen LogP contribution in [0, 0.1) is 5.82 Å². The SMILES string of the molecule is Nc1cc(F)ccc1S(=O)(=O)NCCCCCCO. The Morgan fingerprint density at radius 2 is 1.89 bits per heavy atom. The third-order valence-corrected chi connectivity index (χ3v) is 4.17. The molecule has 0 aliphatic carbocycles. The van der Waals surface area contributed by atoms with Crippen molar-refractivity contribution >= 4 is 15.7 Å². The van der Waals surface area contributed by atoms with Gasteiger partial charge in [-0.3, -0.25) is 0 Å². The standard InChI is InChI=1S/C12H19FN2O3S/c13-10-5-6-12(11(14)9-10)19(17,18)15-7-3-1-2-4-8-16/h5-6,9,15-16H,1-4,7-8,14H2. The van der Waals surface area contributed by atoms with Crippen LogP contribution in [0.2, 0.25) is 0 Å². The molecular weight excluding hydrogens is 271 g/mol. The average molecular weight is 290 g/mol. The average Bonchev–Trinajstić information content (AvgIpc) is 2.33. The molecule has 0 bridgehead atoms. The highest BCUT2D eigenvalue weighted by atomic mass is 32.2. The molecule has 0 spiro atoms. The van der Waals surface area contributed by atoms with E-state index in [-0.39, 0.29) is 17.2 Å². The van der Waals surface area contributed by atoms with Gasteiger partial charge in [-0.15, -0.1) is 0 Å². The van der Waals surface area contributed by atoms with E-state index in [1.807, 2.05) is 0 Å². The lowest BCUT2D eigenvalue weighted by Crippen LogP contribution is -2.25. The van der Waals surface area contributed by atoms with Crippen LogP contribution < -0.4 is 10.5 Å². The van der Waals surface area contributed by atoms with Gasteiger partial charge in [0, 0.05) is 13.2 Å². The van der Waals surface area contributed by atoms with Crippen molar-refractivity contribution in [1.29, 1.82) is 0 Å². The molecule has 108 valence electrons. The zero-order valence-electron chi connectivity index (χ0n) is 10.6. The van der Waals surface area contributed by atoms with Gasteiger partial charge in [0.1, 0.15) is 10.7 Å². The lowest BCUT2D eigenvalue weighted by molar-refractivity contribution is 0.282. The molecule has 1 aromatic carbocycles. The van der Waals surface area contributed by atoms with Gasteiger partial charge in [0.05, 0.1) is 5.69 Å². The van der Waals surface area contributed by atoms with E-state index < -0.39 is 15.8 Å². The van der Waals surface area contributed by atoms with E-state index in [2.05, 4.69) is 4.72 Å². The summed E-state index contributed by atoms with van der Waals surface area (Å²) in [6.07, 6.45) is 3.09. The van der Waals surface area contributed by atoms with Crippen molar-refractivity contribution in [2.45, 2.75) is 30.6 Å². The highest BCUT2D eigenvalue weighted by Gasteiger charge is 2.16. The zero-order valence-corrected chi connectivity index (χ0v) is 11.4. The van der Waals surface area contributed by atoms with Crippen molar-refractivity contribution in [3.8, 4) is 0 Å². The Bertz CT molecular complexity index is 506. The van der Waals surface area contributed by atoms with Crippen LogP contribution in [0.4, 0.5) is 10.1 Å². The number of nitrogens with one attached hydrogen (secondary N) is 1. The fraction of sp³-hybridized carbons (Fsp3) is 0.500. The Kier molecular flexibility index (Phi) is 6.20. The molecule has 0 heterocycles. The molecule has 0 fully saturated rings. The van der Waals surface area contributed by atoms with E-state index in [1.54, 1.807) is 0 Å². The molecule has 0 saturated carbocycles. The number of nitrogen functional groups attached to an aromatic ring is 1. The molecule has 0 aliphatic heterocycles. The zero-order chi connectivity index (χ0) is 14.3. The smallest absolute Gasteiger partial charge is 0.242 e. The Morgan fingerprint density at radius 1 is 1.21 bits per heavy atom. The van der Waals surface area contributed by atoms with Crippen LogP contribution in [-0.4, -0.2) is 26.7 Å². The van der Waals surface area contributed by atoms with Gasteiger partial charge in [-0.2, -0.15) is 0 Å². The largest absolute Gasteiger partial charge is 0.398 e. The minimum absolute atomic E-state index is 0.104. The third kappa shape index (κ3) is 5.14. The first-order chi connectivity index (χ1) is 8.97. The number of nitrogens with two attached hydrogens (primary N) is 1. The number of sulfonamides is 1. The first-order valence-electron chi connectivity index (χ1n) is 6.13. The van der Waals surface area contributed by atoms with Crippen LogP contribution >= 0.6 is 0 Å². The van der Waals surface area contributed by atoms with Crippen molar-refractivity contribution in [3.05, 3.63) is 24.0 Å². The fourth-order valence-corrected chi connectivity index (χ4v) is 2.82. The minimum atomic E-state index is -3.69. The van der Waals surface area contributed by atoms with E-state index in [4.69, 9.17) is 10.8 Å². The summed E-state index contributed by atoms with van der Waals surface area (Å²) in [7, 11) is -3.69. The summed E-state index contributed by atoms with van der Waals surface area (Å²) in [6.45, 7) is 0.447. The topological polar surface area (TPSA) is 92.4 Å². The van der Waals surface area contributed by atoms with Gasteiger partial charge in [-0.25, -0.2) is 17.5 Å². The first kappa shape index (κ1) is 15.9. The van der Waals surface area contributed by atoms with Crippen LogP contribution in [0.15, 0.2) is 23.1 Å². The highest BCUT2D eigenvalue weighted by Crippen LogP contribution is 2.18. The van der Waals surface area contributed by atoms with Crippen molar-refractivity contribution in [1.82, 2.24) is 4.72 Å². The molecule has 0 unspecified atom stereocenters. The summed E-state index contributed by atoms with van der Waals surface area (Å²) in [6, 6.07) is 3.20. The number of anilines is 1. The molecule has 0 saturated heterocycles. The summed E-state index contributed by atoms with van der Waals surface area (Å²) in [5.41, 5.74) is 5.39. The third-order valence-electron chi connectivity index (χ3n) is 2.64. The second-order valence-electron chi connectivity index (χ2n) is 4.22. The number of halogens is 1. The van der Waals surface area contributed by atoms with Crippen molar-refractivity contribution in [2.24, 2.45) is 0 Å². The maximum absolute atomic E-state index is 12.8. The molecule has 7 heteroatoms. The summed E-state index contributed by atoms with van der Waals surface area (Å²) < 4.78 is 39.1. The predicted octanol–water partition coefficient (Wildman–Crippen LogP) is 1.24. The normalized spacial score (nSPS) is 11.7. The molecule has 1 rings (SSSR count). The van der Waals surface area contributed by atoms with Crippen LogP contribution in [-0.2, 0) is 10.0 Å². The molecule has 0 amide bonds. The Balaban J connectivity index is 2.52. The van der Waals surface area contributed by atoms with Gasteiger partial charge in [0.2, 0.25) is 10.0 Å². The molecule has 4 N–H and O–H groups in total. The van der Waals surface area contributed by atoms with Crippen LogP contribution in [0.5, 0.6) is 0 Å². The Hall–Kier alpha value is -1.18. The monoisotopic (exact) mass is 290 g/mol. The number of aliphatic hydroxyl groups excluding tert-OH is 1. The van der Waals surface area contributed by atoms with Crippen LogP contribution in [0.3, 0.4) is 0 Å². The summed E-state index contributed by atoms with van der Waals surface area (Å²) in [5.74, 6) is -0.569. The molecule has 0 aromatic heterocycles. The number of aliphatic hydroxyl groups is 1. The molecule has 0 aliphatic rings. The van der Waals surface area contributed by atoms with Crippen molar-refractivity contribution in [3.63, 3.8) is 0 Å². The maximum Gasteiger partial charge on any atom is 0.242 e. The number of hydrogen-bond donors (Lipinski definition) is 3. The Morgan fingerprint density at radius 3 is 2.53 bits per heavy atom. The highest BCUT2D eigenvalue weighted by molar-refractivity contribution is 7.89. The second-order valence-corrected chi connectivity index (χ2v) is 5.95. The van der Waals surface area contributed by atoms with Gasteiger partial charge in [0.25, 0.3) is 0 Å². The van der Waals surface area contributed by atoms with Crippen LogP contribution in [0.25, 0.3) is 0 Å². The van der Waals surface area contributed by atoms with E-state index in [0.29, 0.717) is 13.0 Å². The van der Waals surface area contributed by atoms with E-state index in [9.17, 15) is 12.8 Å². The lowest BCUT2D eigenvalue weighted by Gasteiger charge is -2.09. The van der Waals surface area contributed by atoms with Crippen LogP contribution in [0.1, 0.15) is 25.7 Å². The van der Waals surface area contributed by atoms with Gasteiger partial charge in [-0.05, 0) is 31.0 Å². The number of unbranched alkanes of at least 4 members (excludes halogenated alkanes) is 3. The summed E-state index contributed by atoms with van der Waals surface area (Å²) >= 11 is 0. The Labute approximate surface area is 112 Å². The summed E-state index contributed by atoms with van der Waals surface area (Å²) in [5, 5.41) is 8.60. The molecule has 1 aromatic rings. The maximum atomic E-state index is 12.8. The number of benzene rings is 1. The molecular formula is C12H19FN2O3S. The second kappa shape index (κ2) is 7.42. The van der Waals surface area contributed by atoms with Gasteiger partial charge in [0.15, 0.2) is 0 Å². The van der Waals surface area contributed by atoms with Gasteiger partial charge < -0.3 is 10.8 Å². The van der Waals surface area contributed by atoms with Crippen molar-refractivity contribution < 1.29 is 17.9 Å². The lowest BCUT2D eigenvalue weighted by atomic mass is 10.2. The van der Waals surface area contributed by atoms with Gasteiger partial charge in [-0.1, -0.05) is 12.8 Å². The summed E-state index contributed by atoms with van der Waals surface area (Å²) in [4.78, 5) is -0.107. The van der Waals surface area contributed by atoms with Crippen molar-refractivity contribution in [2.75, 3.05) is 18.9 Å². The number of hydrogen-bond acceptors (Lipinski definition) is 4.